The van der Waals surface area contributed by atoms with Gasteiger partial charge in [-0.25, -0.2) is 4.79 Å². The summed E-state index contributed by atoms with van der Waals surface area (Å²) in [6.07, 6.45) is 2.87. The van der Waals surface area contributed by atoms with E-state index >= 15 is 0 Å². The molecule has 1 aromatic carbocycles. The van der Waals surface area contributed by atoms with Crippen LogP contribution in [0.3, 0.4) is 0 Å². The molecule has 1 saturated carbocycles. The largest absolute Gasteiger partial charge is 0.480 e. The number of carbonyl (C=O) groups is 3. The van der Waals surface area contributed by atoms with E-state index < -0.39 is 17.3 Å². The van der Waals surface area contributed by atoms with Crippen LogP contribution in [0.1, 0.15) is 25.7 Å². The standard InChI is InChI=1S/C18H19ClN2O4S/c19-10-4-5-13-12(6-10)20-17(23)14(26-13)7-15(22)21-8-9-2-1-3-11(9)16(21)18(24)25/h4-6,9,11,14,16H,1-3,7-8H2,(H,20,23)(H,24,25). The SMILES string of the molecule is O=C1Nc2cc(Cl)ccc2SC1CC(=O)N1CC2CCCC2C1C(=O)O. The molecular weight excluding hydrogens is 376 g/mol. The van der Waals surface area contributed by atoms with Gasteiger partial charge in [-0.05, 0) is 42.9 Å². The van der Waals surface area contributed by atoms with E-state index in [0.29, 0.717) is 17.3 Å². The Bertz CT molecular complexity index is 786. The topological polar surface area (TPSA) is 86.7 Å². The van der Waals surface area contributed by atoms with Crippen LogP contribution in [0.2, 0.25) is 5.02 Å². The number of amides is 2. The molecule has 0 aromatic heterocycles. The summed E-state index contributed by atoms with van der Waals surface area (Å²) >= 11 is 7.27. The lowest BCUT2D eigenvalue weighted by Crippen LogP contribution is -2.45. The van der Waals surface area contributed by atoms with Crippen LogP contribution < -0.4 is 5.32 Å². The molecule has 4 unspecified atom stereocenters. The van der Waals surface area contributed by atoms with Crippen molar-refractivity contribution in [1.29, 1.82) is 0 Å². The third-order valence-electron chi connectivity index (χ3n) is 5.58. The zero-order valence-electron chi connectivity index (χ0n) is 14.0. The summed E-state index contributed by atoms with van der Waals surface area (Å²) < 4.78 is 0. The fourth-order valence-electron chi connectivity index (χ4n) is 4.41. The second kappa shape index (κ2) is 6.78. The van der Waals surface area contributed by atoms with E-state index in [4.69, 9.17) is 11.6 Å². The monoisotopic (exact) mass is 394 g/mol. The highest BCUT2D eigenvalue weighted by atomic mass is 35.5. The van der Waals surface area contributed by atoms with E-state index in [-0.39, 0.29) is 30.1 Å². The summed E-state index contributed by atoms with van der Waals surface area (Å²) in [5.74, 6) is -1.11. The van der Waals surface area contributed by atoms with Crippen molar-refractivity contribution in [1.82, 2.24) is 4.90 Å². The van der Waals surface area contributed by atoms with Gasteiger partial charge in [0.05, 0.1) is 10.9 Å². The van der Waals surface area contributed by atoms with E-state index in [2.05, 4.69) is 5.32 Å². The molecule has 2 fully saturated rings. The Labute approximate surface area is 160 Å². The molecule has 2 aliphatic heterocycles. The average Bonchev–Trinajstić information content (AvgIpc) is 3.16. The number of likely N-dealkylation sites (tertiary alicyclic amines) is 1. The van der Waals surface area contributed by atoms with Crippen LogP contribution in [0.4, 0.5) is 5.69 Å². The molecule has 0 radical (unpaired) electrons. The second-order valence-corrected chi connectivity index (χ2v) is 8.81. The lowest BCUT2D eigenvalue weighted by Gasteiger charge is -2.28. The number of rotatable bonds is 3. The lowest BCUT2D eigenvalue weighted by molar-refractivity contribution is -0.149. The number of thioether (sulfide) groups is 1. The van der Waals surface area contributed by atoms with Gasteiger partial charge >= 0.3 is 5.97 Å². The molecule has 138 valence electrons. The number of anilines is 1. The fourth-order valence-corrected chi connectivity index (χ4v) is 5.67. The normalized spacial score (nSPS) is 29.9. The van der Waals surface area contributed by atoms with Gasteiger partial charge in [-0.15, -0.1) is 11.8 Å². The van der Waals surface area contributed by atoms with Gasteiger partial charge < -0.3 is 15.3 Å². The maximum absolute atomic E-state index is 12.8. The van der Waals surface area contributed by atoms with Gasteiger partial charge in [0.15, 0.2) is 0 Å². The number of nitrogens with zero attached hydrogens (tertiary/aromatic N) is 1. The molecule has 2 N–H and O–H groups in total. The minimum atomic E-state index is -0.937. The molecule has 1 aliphatic carbocycles. The first-order valence-corrected chi connectivity index (χ1v) is 9.99. The molecule has 8 heteroatoms. The van der Waals surface area contributed by atoms with E-state index in [1.807, 2.05) is 6.07 Å². The van der Waals surface area contributed by atoms with Crippen LogP contribution in [0.25, 0.3) is 0 Å². The molecule has 6 nitrogen and oxygen atoms in total. The van der Waals surface area contributed by atoms with Crippen molar-refractivity contribution in [3.05, 3.63) is 23.2 Å². The molecule has 0 bridgehead atoms. The number of carboxylic acid groups (broad SMARTS) is 1. The van der Waals surface area contributed by atoms with Gasteiger partial charge in [-0.1, -0.05) is 18.0 Å². The fraction of sp³-hybridized carbons (Fsp3) is 0.500. The Balaban J connectivity index is 1.48. The number of nitrogens with one attached hydrogen (secondary N) is 1. The summed E-state index contributed by atoms with van der Waals surface area (Å²) in [5, 5.41) is 12.4. The first-order valence-electron chi connectivity index (χ1n) is 8.73. The Hall–Kier alpha value is -1.73. The van der Waals surface area contributed by atoms with Crippen molar-refractivity contribution in [2.45, 2.75) is 41.9 Å². The molecular formula is C18H19ClN2O4S. The van der Waals surface area contributed by atoms with Crippen LogP contribution >= 0.6 is 23.4 Å². The predicted octanol–water partition coefficient (Wildman–Crippen LogP) is 2.85. The van der Waals surface area contributed by atoms with Gasteiger partial charge in [0, 0.05) is 22.9 Å². The second-order valence-electron chi connectivity index (χ2n) is 7.12. The summed E-state index contributed by atoms with van der Waals surface area (Å²) in [7, 11) is 0. The highest BCUT2D eigenvalue weighted by molar-refractivity contribution is 8.01. The van der Waals surface area contributed by atoms with E-state index in [1.54, 1.807) is 12.1 Å². The van der Waals surface area contributed by atoms with Crippen LogP contribution in [-0.4, -0.2) is 45.6 Å². The van der Waals surface area contributed by atoms with E-state index in [1.165, 1.54) is 16.7 Å². The summed E-state index contributed by atoms with van der Waals surface area (Å²) in [4.78, 5) is 39.3. The number of halogens is 1. The van der Waals surface area contributed by atoms with Crippen molar-refractivity contribution in [2.24, 2.45) is 11.8 Å². The third kappa shape index (κ3) is 3.07. The summed E-state index contributed by atoms with van der Waals surface area (Å²) in [6.45, 7) is 0.492. The van der Waals surface area contributed by atoms with Crippen molar-refractivity contribution in [3.8, 4) is 0 Å². The molecule has 2 heterocycles. The number of hydrogen-bond acceptors (Lipinski definition) is 4. The molecule has 1 saturated heterocycles. The zero-order valence-corrected chi connectivity index (χ0v) is 15.6. The van der Waals surface area contributed by atoms with Crippen LogP contribution in [0.5, 0.6) is 0 Å². The van der Waals surface area contributed by atoms with E-state index in [9.17, 15) is 19.5 Å². The van der Waals surface area contributed by atoms with Crippen LogP contribution in [-0.2, 0) is 14.4 Å². The summed E-state index contributed by atoms with van der Waals surface area (Å²) in [5.41, 5.74) is 0.648. The Morgan fingerprint density at radius 1 is 1.35 bits per heavy atom. The van der Waals surface area contributed by atoms with Crippen molar-refractivity contribution >= 4 is 46.8 Å². The molecule has 1 aromatic rings. The molecule has 2 amide bonds. The van der Waals surface area contributed by atoms with Gasteiger partial charge in [0.2, 0.25) is 11.8 Å². The quantitative estimate of drug-likeness (QED) is 0.823. The lowest BCUT2D eigenvalue weighted by atomic mass is 9.94. The number of carboxylic acids is 1. The average molecular weight is 395 g/mol. The molecule has 3 aliphatic rings. The summed E-state index contributed by atoms with van der Waals surface area (Å²) in [6, 6.07) is 4.49. The maximum atomic E-state index is 12.8. The third-order valence-corrected chi connectivity index (χ3v) is 7.10. The number of carbonyl (C=O) groups excluding carboxylic acids is 2. The highest BCUT2D eigenvalue weighted by Crippen LogP contribution is 2.43. The number of aliphatic carboxylic acids is 1. The van der Waals surface area contributed by atoms with Crippen molar-refractivity contribution in [2.75, 3.05) is 11.9 Å². The Morgan fingerprint density at radius 3 is 2.92 bits per heavy atom. The zero-order chi connectivity index (χ0) is 18.4. The first-order chi connectivity index (χ1) is 12.4. The molecule has 0 spiro atoms. The minimum absolute atomic E-state index is 0.00177. The van der Waals surface area contributed by atoms with Gasteiger partial charge in [0.25, 0.3) is 0 Å². The van der Waals surface area contributed by atoms with Gasteiger partial charge in [-0.3, -0.25) is 9.59 Å². The highest BCUT2D eigenvalue weighted by Gasteiger charge is 2.49. The molecule has 4 atom stereocenters. The minimum Gasteiger partial charge on any atom is -0.480 e. The first kappa shape index (κ1) is 17.7. The number of benzene rings is 1. The Morgan fingerprint density at radius 2 is 2.15 bits per heavy atom. The molecule has 4 rings (SSSR count). The molecule has 26 heavy (non-hydrogen) atoms. The van der Waals surface area contributed by atoms with Crippen molar-refractivity contribution in [3.63, 3.8) is 0 Å². The van der Waals surface area contributed by atoms with E-state index in [0.717, 1.165) is 24.2 Å². The Kier molecular flexibility index (Phi) is 4.61. The predicted molar refractivity (Wildman–Crippen MR) is 98.3 cm³/mol. The van der Waals surface area contributed by atoms with Crippen molar-refractivity contribution < 1.29 is 19.5 Å². The van der Waals surface area contributed by atoms with Crippen LogP contribution in [0.15, 0.2) is 23.1 Å². The number of hydrogen-bond donors (Lipinski definition) is 2. The smallest absolute Gasteiger partial charge is 0.326 e. The van der Waals surface area contributed by atoms with Gasteiger partial charge in [-0.2, -0.15) is 0 Å². The van der Waals surface area contributed by atoms with Crippen LogP contribution in [0, 0.1) is 11.8 Å². The van der Waals surface area contributed by atoms with Gasteiger partial charge in [0.1, 0.15) is 6.04 Å². The number of fused-ring (bicyclic) bond motifs is 2. The maximum Gasteiger partial charge on any atom is 0.326 e.